The van der Waals surface area contributed by atoms with Crippen molar-refractivity contribution in [3.8, 4) is 0 Å². The molecule has 0 spiro atoms. The lowest BCUT2D eigenvalue weighted by Crippen LogP contribution is -2.30. The fourth-order valence-corrected chi connectivity index (χ4v) is 3.25. The Balaban J connectivity index is 1.48. The molecule has 4 rings (SSSR count). The number of carbonyl (C=O) groups excluding carboxylic acids is 2. The molecule has 6 heteroatoms. The van der Waals surface area contributed by atoms with E-state index < -0.39 is 23.8 Å². The summed E-state index contributed by atoms with van der Waals surface area (Å²) in [7, 11) is 0. The third kappa shape index (κ3) is 3.82. The van der Waals surface area contributed by atoms with Crippen molar-refractivity contribution >= 4 is 39.3 Å². The van der Waals surface area contributed by atoms with Crippen LogP contribution < -0.4 is 5.32 Å². The summed E-state index contributed by atoms with van der Waals surface area (Å²) in [5.41, 5.74) is 1.40. The standard InChI is InChI=1S/C23H18FNO4/c1-14(23(27)25-19-9-5-4-8-18(19)24)29-21(26)12-16-13-28-20-11-10-15-6-2-3-7-17(15)22(16)20/h2-11,13-14H,12H2,1H3,(H,25,27)/t14-/m0/s1. The number of fused-ring (bicyclic) bond motifs is 3. The Kier molecular flexibility index (Phi) is 4.99. The predicted molar refractivity (Wildman–Crippen MR) is 108 cm³/mol. The van der Waals surface area contributed by atoms with Crippen LogP contribution in [-0.4, -0.2) is 18.0 Å². The van der Waals surface area contributed by atoms with Crippen molar-refractivity contribution in [1.82, 2.24) is 0 Å². The number of nitrogens with one attached hydrogen (secondary N) is 1. The monoisotopic (exact) mass is 391 g/mol. The number of ether oxygens (including phenoxy) is 1. The quantitative estimate of drug-likeness (QED) is 0.495. The number of carbonyl (C=O) groups is 2. The average Bonchev–Trinajstić information content (AvgIpc) is 3.12. The summed E-state index contributed by atoms with van der Waals surface area (Å²) < 4.78 is 24.5. The molecule has 29 heavy (non-hydrogen) atoms. The van der Waals surface area contributed by atoms with E-state index in [1.807, 2.05) is 36.4 Å². The second kappa shape index (κ2) is 7.75. The van der Waals surface area contributed by atoms with E-state index in [-0.39, 0.29) is 12.1 Å². The van der Waals surface area contributed by atoms with Gasteiger partial charge in [-0.3, -0.25) is 9.59 Å². The first-order chi connectivity index (χ1) is 14.0. The minimum atomic E-state index is -1.07. The largest absolute Gasteiger partial charge is 0.464 e. The molecular formula is C23H18FNO4. The summed E-state index contributed by atoms with van der Waals surface area (Å²) >= 11 is 0. The van der Waals surface area contributed by atoms with Gasteiger partial charge < -0.3 is 14.5 Å². The summed E-state index contributed by atoms with van der Waals surface area (Å²) in [4.78, 5) is 24.6. The van der Waals surface area contributed by atoms with Crippen LogP contribution in [0.3, 0.4) is 0 Å². The number of esters is 1. The summed E-state index contributed by atoms with van der Waals surface area (Å²) in [6.45, 7) is 1.44. The van der Waals surface area contributed by atoms with Gasteiger partial charge in [-0.25, -0.2) is 4.39 Å². The second-order valence-electron chi connectivity index (χ2n) is 6.70. The van der Waals surface area contributed by atoms with E-state index in [4.69, 9.17) is 9.15 Å². The molecule has 1 N–H and O–H groups in total. The van der Waals surface area contributed by atoms with Gasteiger partial charge in [-0.05, 0) is 35.9 Å². The molecule has 5 nitrogen and oxygen atoms in total. The first kappa shape index (κ1) is 18.7. The van der Waals surface area contributed by atoms with Crippen molar-refractivity contribution in [2.45, 2.75) is 19.4 Å². The van der Waals surface area contributed by atoms with Crippen LogP contribution in [0, 0.1) is 5.82 Å². The van der Waals surface area contributed by atoms with Crippen LogP contribution >= 0.6 is 0 Å². The van der Waals surface area contributed by atoms with Gasteiger partial charge in [-0.1, -0.05) is 42.5 Å². The van der Waals surface area contributed by atoms with E-state index in [9.17, 15) is 14.0 Å². The normalized spacial score (nSPS) is 12.1. The molecule has 0 bridgehead atoms. The molecule has 0 radical (unpaired) electrons. The third-order valence-electron chi connectivity index (χ3n) is 4.68. The van der Waals surface area contributed by atoms with Gasteiger partial charge in [0.05, 0.1) is 18.4 Å². The van der Waals surface area contributed by atoms with Gasteiger partial charge >= 0.3 is 5.97 Å². The van der Waals surface area contributed by atoms with Crippen molar-refractivity contribution in [1.29, 1.82) is 0 Å². The highest BCUT2D eigenvalue weighted by molar-refractivity contribution is 6.08. The maximum atomic E-state index is 13.7. The molecule has 3 aromatic carbocycles. The fraction of sp³-hybridized carbons (Fsp3) is 0.130. The molecule has 1 heterocycles. The lowest BCUT2D eigenvalue weighted by molar-refractivity contribution is -0.152. The number of benzene rings is 3. The topological polar surface area (TPSA) is 68.5 Å². The second-order valence-corrected chi connectivity index (χ2v) is 6.70. The number of hydrogen-bond donors (Lipinski definition) is 1. The lowest BCUT2D eigenvalue weighted by Gasteiger charge is -2.13. The van der Waals surface area contributed by atoms with E-state index in [0.717, 1.165) is 16.2 Å². The zero-order chi connectivity index (χ0) is 20.4. The molecule has 0 unspecified atom stereocenters. The third-order valence-corrected chi connectivity index (χ3v) is 4.68. The van der Waals surface area contributed by atoms with Gasteiger partial charge in [0.2, 0.25) is 0 Å². The smallest absolute Gasteiger partial charge is 0.311 e. The average molecular weight is 391 g/mol. The number of rotatable bonds is 5. The van der Waals surface area contributed by atoms with Crippen molar-refractivity contribution in [2.24, 2.45) is 0 Å². The molecule has 0 aliphatic heterocycles. The molecule has 0 saturated carbocycles. The highest BCUT2D eigenvalue weighted by Gasteiger charge is 2.21. The first-order valence-electron chi connectivity index (χ1n) is 9.15. The van der Waals surface area contributed by atoms with Crippen molar-refractivity contribution in [3.05, 3.63) is 78.3 Å². The van der Waals surface area contributed by atoms with Crippen LogP contribution in [0.15, 0.2) is 71.3 Å². The maximum absolute atomic E-state index is 13.7. The zero-order valence-electron chi connectivity index (χ0n) is 15.6. The Morgan fingerprint density at radius 1 is 1.07 bits per heavy atom. The molecule has 0 saturated heterocycles. The summed E-state index contributed by atoms with van der Waals surface area (Å²) in [6, 6.07) is 17.4. The van der Waals surface area contributed by atoms with E-state index in [0.29, 0.717) is 11.1 Å². The molecule has 146 valence electrons. The number of halogens is 1. The highest BCUT2D eigenvalue weighted by Crippen LogP contribution is 2.30. The fourth-order valence-electron chi connectivity index (χ4n) is 3.25. The Labute approximate surface area is 166 Å². The summed E-state index contributed by atoms with van der Waals surface area (Å²) in [6.07, 6.45) is 0.415. The van der Waals surface area contributed by atoms with Gasteiger partial charge in [-0.15, -0.1) is 0 Å². The Hall–Kier alpha value is -3.67. The summed E-state index contributed by atoms with van der Waals surface area (Å²) in [5, 5.41) is 5.28. The van der Waals surface area contributed by atoms with Crippen LogP contribution in [0.2, 0.25) is 0 Å². The summed E-state index contributed by atoms with van der Waals surface area (Å²) in [5.74, 6) is -1.74. The van der Waals surface area contributed by atoms with E-state index in [1.54, 1.807) is 6.07 Å². The maximum Gasteiger partial charge on any atom is 0.311 e. The molecule has 1 aromatic heterocycles. The zero-order valence-corrected chi connectivity index (χ0v) is 15.6. The van der Waals surface area contributed by atoms with Crippen LogP contribution in [0.4, 0.5) is 10.1 Å². The minimum absolute atomic E-state index is 0.0349. The molecule has 4 aromatic rings. The van der Waals surface area contributed by atoms with Crippen LogP contribution in [0.25, 0.3) is 21.7 Å². The molecule has 0 aliphatic rings. The van der Waals surface area contributed by atoms with Crippen molar-refractivity contribution in [2.75, 3.05) is 5.32 Å². The van der Waals surface area contributed by atoms with Gasteiger partial charge in [0, 0.05) is 10.9 Å². The van der Waals surface area contributed by atoms with E-state index in [1.165, 1.54) is 31.4 Å². The number of hydrogen-bond acceptors (Lipinski definition) is 4. The van der Waals surface area contributed by atoms with E-state index >= 15 is 0 Å². The van der Waals surface area contributed by atoms with Gasteiger partial charge in [0.25, 0.3) is 5.91 Å². The first-order valence-corrected chi connectivity index (χ1v) is 9.15. The Morgan fingerprint density at radius 2 is 1.83 bits per heavy atom. The molecule has 0 fully saturated rings. The van der Waals surface area contributed by atoms with Crippen LogP contribution in [-0.2, 0) is 20.7 Å². The molecule has 1 atom stereocenters. The van der Waals surface area contributed by atoms with Crippen molar-refractivity contribution in [3.63, 3.8) is 0 Å². The Bertz CT molecular complexity index is 1210. The lowest BCUT2D eigenvalue weighted by atomic mass is 10.0. The van der Waals surface area contributed by atoms with Crippen LogP contribution in [0.5, 0.6) is 0 Å². The number of furan rings is 1. The number of para-hydroxylation sites is 1. The SMILES string of the molecule is C[C@H](OC(=O)Cc1coc2ccc3ccccc3c12)C(=O)Nc1ccccc1F. The highest BCUT2D eigenvalue weighted by atomic mass is 19.1. The van der Waals surface area contributed by atoms with Crippen molar-refractivity contribution < 1.29 is 23.1 Å². The molecule has 1 amide bonds. The van der Waals surface area contributed by atoms with Gasteiger partial charge in [0.15, 0.2) is 6.10 Å². The van der Waals surface area contributed by atoms with Crippen LogP contribution in [0.1, 0.15) is 12.5 Å². The predicted octanol–water partition coefficient (Wildman–Crippen LogP) is 4.84. The molecule has 0 aliphatic carbocycles. The minimum Gasteiger partial charge on any atom is -0.464 e. The van der Waals surface area contributed by atoms with Gasteiger partial charge in [-0.2, -0.15) is 0 Å². The van der Waals surface area contributed by atoms with Gasteiger partial charge in [0.1, 0.15) is 11.4 Å². The number of anilines is 1. The number of amides is 1. The van der Waals surface area contributed by atoms with E-state index in [2.05, 4.69) is 5.32 Å². The molecular weight excluding hydrogens is 373 g/mol. The Morgan fingerprint density at radius 3 is 2.66 bits per heavy atom.